The fourth-order valence-electron chi connectivity index (χ4n) is 1.57. The molecule has 1 aliphatic heterocycles. The molecule has 7 nitrogen and oxygen atoms in total. The van der Waals surface area contributed by atoms with E-state index in [1.165, 1.54) is 0 Å². The van der Waals surface area contributed by atoms with Crippen molar-refractivity contribution >= 4 is 27.5 Å². The van der Waals surface area contributed by atoms with Gasteiger partial charge in [-0.05, 0) is 13.0 Å². The number of phenolic OH excluding ortho intramolecular Hbond substituents is 1. The summed E-state index contributed by atoms with van der Waals surface area (Å²) in [6.07, 6.45) is 2.02. The average Bonchev–Trinajstić information content (AvgIpc) is 2.31. The maximum Gasteiger partial charge on any atom is 0.227 e. The van der Waals surface area contributed by atoms with E-state index in [0.717, 1.165) is 22.8 Å². The second kappa shape index (κ2) is 5.83. The van der Waals surface area contributed by atoms with Gasteiger partial charge in [0, 0.05) is 30.8 Å². The highest BCUT2D eigenvalue weighted by molar-refractivity contribution is 7.79. The molecule has 0 bridgehead atoms. The first-order valence-corrected chi connectivity index (χ1v) is 6.59. The van der Waals surface area contributed by atoms with Crippen LogP contribution in [-0.2, 0) is 10.4 Å². The topological polar surface area (TPSA) is 124 Å². The molecule has 0 fully saturated rings. The highest BCUT2D eigenvalue weighted by Gasteiger charge is 2.12. The van der Waals surface area contributed by atoms with Crippen molar-refractivity contribution < 1.29 is 27.6 Å². The summed E-state index contributed by atoms with van der Waals surface area (Å²) in [5, 5.41) is 12.5. The van der Waals surface area contributed by atoms with Gasteiger partial charge in [-0.3, -0.25) is 4.55 Å². The minimum absolute atomic E-state index is 0.269. The van der Waals surface area contributed by atoms with Gasteiger partial charge in [0.2, 0.25) is 16.1 Å². The Balaban J connectivity index is 0.000000312. The zero-order chi connectivity index (χ0) is 14.6. The number of aromatic hydroxyl groups is 1. The second-order valence-corrected chi connectivity index (χ2v) is 4.77. The Bertz CT molecular complexity index is 626. The van der Waals surface area contributed by atoms with Crippen molar-refractivity contribution in [3.8, 4) is 5.75 Å². The molecule has 0 saturated heterocycles. The Labute approximate surface area is 110 Å². The number of anilines is 1. The Morgan fingerprint density at radius 2 is 1.89 bits per heavy atom. The lowest BCUT2D eigenvalue weighted by Gasteiger charge is -2.03. The van der Waals surface area contributed by atoms with Gasteiger partial charge in [0.15, 0.2) is 5.71 Å². The number of benzene rings is 1. The second-order valence-electron chi connectivity index (χ2n) is 3.92. The van der Waals surface area contributed by atoms with Gasteiger partial charge < -0.3 is 15.0 Å². The molecule has 8 heteroatoms. The van der Waals surface area contributed by atoms with Gasteiger partial charge in [-0.1, -0.05) is 0 Å². The maximum atomic E-state index is 9.34. The summed E-state index contributed by atoms with van der Waals surface area (Å²) in [5.41, 5.74) is 4.02. The number of allylic oxidation sites excluding steroid dienone is 2. The van der Waals surface area contributed by atoms with E-state index < -0.39 is 10.4 Å². The molecule has 0 saturated carbocycles. The van der Waals surface area contributed by atoms with Crippen LogP contribution in [0.25, 0.3) is 0 Å². The van der Waals surface area contributed by atoms with E-state index >= 15 is 0 Å². The van der Waals surface area contributed by atoms with E-state index in [2.05, 4.69) is 10.3 Å². The molecular weight excluding hydrogens is 272 g/mol. The fraction of sp³-hybridized carbons (Fsp3) is 0.182. The molecule has 0 amide bonds. The number of hydrogen-bond acceptors (Lipinski definition) is 5. The third kappa shape index (κ3) is 6.00. The summed E-state index contributed by atoms with van der Waals surface area (Å²) in [6, 6.07) is 5.23. The zero-order valence-electron chi connectivity index (χ0n) is 10.3. The van der Waals surface area contributed by atoms with Gasteiger partial charge in [0.05, 0.1) is 0 Å². The van der Waals surface area contributed by atoms with Crippen LogP contribution in [-0.4, -0.2) is 28.3 Å². The summed E-state index contributed by atoms with van der Waals surface area (Å²) < 4.78 is 32.8. The van der Waals surface area contributed by atoms with Crippen LogP contribution in [0.15, 0.2) is 30.0 Å². The minimum Gasteiger partial charge on any atom is -0.726 e. The van der Waals surface area contributed by atoms with Crippen molar-refractivity contribution in [2.45, 2.75) is 13.8 Å². The van der Waals surface area contributed by atoms with Gasteiger partial charge in [0.1, 0.15) is 11.4 Å². The molecule has 19 heavy (non-hydrogen) atoms. The van der Waals surface area contributed by atoms with Crippen LogP contribution in [0.3, 0.4) is 0 Å². The molecule has 4 N–H and O–H groups in total. The number of phenols is 1. The van der Waals surface area contributed by atoms with Crippen molar-refractivity contribution in [1.82, 2.24) is 0 Å². The molecule has 0 unspecified atom stereocenters. The van der Waals surface area contributed by atoms with E-state index in [4.69, 9.17) is 17.5 Å². The van der Waals surface area contributed by atoms with Crippen LogP contribution < -0.4 is 10.3 Å². The predicted octanol–water partition coefficient (Wildman–Crippen LogP) is -0.101. The Morgan fingerprint density at radius 1 is 1.32 bits per heavy atom. The van der Waals surface area contributed by atoms with E-state index in [1.807, 2.05) is 26.0 Å². The van der Waals surface area contributed by atoms with Crippen LogP contribution in [0.2, 0.25) is 0 Å². The summed E-state index contributed by atoms with van der Waals surface area (Å²) >= 11 is 0. The molecule has 1 aliphatic rings. The monoisotopic (exact) mass is 286 g/mol. The highest BCUT2D eigenvalue weighted by atomic mass is 32.3. The fourth-order valence-corrected chi connectivity index (χ4v) is 1.57. The Morgan fingerprint density at radius 3 is 2.47 bits per heavy atom. The van der Waals surface area contributed by atoms with E-state index in [9.17, 15) is 5.11 Å². The normalized spacial score (nSPS) is 13.9. The summed E-state index contributed by atoms with van der Waals surface area (Å²) in [4.78, 5) is 3.25. The molecule has 0 aromatic heterocycles. The van der Waals surface area contributed by atoms with Crippen molar-refractivity contribution in [2.75, 3.05) is 5.32 Å². The van der Waals surface area contributed by atoms with Crippen LogP contribution >= 0.6 is 0 Å². The largest absolute Gasteiger partial charge is 0.726 e. The quantitative estimate of drug-likeness (QED) is 0.300. The van der Waals surface area contributed by atoms with Gasteiger partial charge in [-0.15, -0.1) is 0 Å². The number of rotatable bonds is 0. The standard InChI is InChI=1S/C11H12N2O.H2O4S/c1-7-5-8(2)13-11-6-9(14)3-4-10(11)12-7;1-5(2,3)4/h3-6,13-14H,1-2H3;(H2,1,2,3,4). The van der Waals surface area contributed by atoms with Crippen LogP contribution in [0, 0.1) is 0 Å². The first kappa shape index (κ1) is 15.2. The van der Waals surface area contributed by atoms with E-state index in [0.29, 0.717) is 0 Å². The van der Waals surface area contributed by atoms with Gasteiger partial charge in [-0.25, -0.2) is 13.4 Å². The number of hydrogen-bond donors (Lipinski definition) is 4. The molecule has 104 valence electrons. The first-order valence-electron chi connectivity index (χ1n) is 5.22. The third-order valence-corrected chi connectivity index (χ3v) is 2.10. The lowest BCUT2D eigenvalue weighted by Crippen LogP contribution is -2.64. The van der Waals surface area contributed by atoms with Gasteiger partial charge >= 0.3 is 0 Å². The van der Waals surface area contributed by atoms with Crippen LogP contribution in [0.5, 0.6) is 5.75 Å². The van der Waals surface area contributed by atoms with Gasteiger partial charge in [0.25, 0.3) is 0 Å². The third-order valence-electron chi connectivity index (χ3n) is 2.10. The zero-order valence-corrected chi connectivity index (χ0v) is 11.2. The molecule has 0 atom stereocenters. The molecule has 0 spiro atoms. The lowest BCUT2D eigenvalue weighted by molar-refractivity contribution is -0.351. The number of fused-ring (bicyclic) bond motifs is 1. The Hall–Kier alpha value is -1.90. The highest BCUT2D eigenvalue weighted by Crippen LogP contribution is 2.24. The van der Waals surface area contributed by atoms with Crippen molar-refractivity contribution in [1.29, 1.82) is 0 Å². The maximum absolute atomic E-state index is 9.34. The SMILES string of the molecule is CC1=CC(C)=[NH+]c2ccc(O)cc2N1.O=S(=O)([O-])O. The molecular formula is C11H14N2O5S. The first-order chi connectivity index (χ1) is 8.65. The average molecular weight is 286 g/mol. The number of nitrogens with one attached hydrogen (secondary N) is 2. The van der Waals surface area contributed by atoms with Crippen LogP contribution in [0.1, 0.15) is 13.8 Å². The van der Waals surface area contributed by atoms with E-state index in [1.54, 1.807) is 12.1 Å². The molecule has 0 aliphatic carbocycles. The lowest BCUT2D eigenvalue weighted by atomic mass is 10.2. The molecule has 1 aromatic rings. The molecule has 2 rings (SSSR count). The smallest absolute Gasteiger partial charge is 0.227 e. The molecule has 0 radical (unpaired) electrons. The predicted molar refractivity (Wildman–Crippen MR) is 69.1 cm³/mol. The molecule has 1 aromatic carbocycles. The summed E-state index contributed by atoms with van der Waals surface area (Å²) in [7, 11) is -4.92. The van der Waals surface area contributed by atoms with Gasteiger partial charge in [-0.2, -0.15) is 0 Å². The summed E-state index contributed by atoms with van der Waals surface area (Å²) in [6.45, 7) is 4.00. The minimum atomic E-state index is -4.92. The van der Waals surface area contributed by atoms with Crippen LogP contribution in [0.4, 0.5) is 11.4 Å². The van der Waals surface area contributed by atoms with Crippen molar-refractivity contribution in [3.05, 3.63) is 30.0 Å². The van der Waals surface area contributed by atoms with Crippen molar-refractivity contribution in [3.63, 3.8) is 0 Å². The molecule has 1 heterocycles. The Kier molecular flexibility index (Phi) is 4.65. The summed E-state index contributed by atoms with van der Waals surface area (Å²) in [5.74, 6) is 0.269. The van der Waals surface area contributed by atoms with E-state index in [-0.39, 0.29) is 5.75 Å². The van der Waals surface area contributed by atoms with Crippen molar-refractivity contribution in [2.24, 2.45) is 0 Å².